The highest BCUT2D eigenvalue weighted by molar-refractivity contribution is 6.35. The number of hydrogen-bond acceptors (Lipinski definition) is 6. The fourth-order valence-corrected chi connectivity index (χ4v) is 4.48. The van der Waals surface area contributed by atoms with Crippen LogP contribution in [0.25, 0.3) is 0 Å². The van der Waals surface area contributed by atoms with Crippen molar-refractivity contribution in [3.63, 3.8) is 0 Å². The normalized spacial score (nSPS) is 18.7. The molecule has 0 radical (unpaired) electrons. The van der Waals surface area contributed by atoms with Crippen LogP contribution < -0.4 is 14.4 Å². The lowest BCUT2D eigenvalue weighted by molar-refractivity contribution is -0.153. The molecule has 3 aliphatic rings. The highest BCUT2D eigenvalue weighted by Crippen LogP contribution is 2.32. The minimum absolute atomic E-state index is 0.273. The maximum Gasteiger partial charge on any atom is 0.312 e. The third-order valence-electron chi connectivity index (χ3n) is 6.37. The van der Waals surface area contributed by atoms with Gasteiger partial charge in [-0.2, -0.15) is 0 Å². The second-order valence-electron chi connectivity index (χ2n) is 8.37. The molecular formula is C24H28N4O4. The van der Waals surface area contributed by atoms with E-state index in [1.54, 1.807) is 9.80 Å². The van der Waals surface area contributed by atoms with Gasteiger partial charge >= 0.3 is 11.8 Å². The molecule has 0 aromatic heterocycles. The van der Waals surface area contributed by atoms with E-state index in [4.69, 9.17) is 9.47 Å². The molecule has 2 fully saturated rings. The van der Waals surface area contributed by atoms with Gasteiger partial charge in [0.25, 0.3) is 0 Å². The number of ether oxygens (including phenoxy) is 2. The smallest absolute Gasteiger partial charge is 0.312 e. The lowest BCUT2D eigenvalue weighted by atomic mass is 10.1. The molecule has 0 atom stereocenters. The molecule has 0 N–H and O–H groups in total. The summed E-state index contributed by atoms with van der Waals surface area (Å²) >= 11 is 0. The highest BCUT2D eigenvalue weighted by Gasteiger charge is 2.31. The predicted molar refractivity (Wildman–Crippen MR) is 120 cm³/mol. The topological polar surface area (TPSA) is 65.6 Å². The molecule has 3 heterocycles. The molecule has 0 bridgehead atoms. The van der Waals surface area contributed by atoms with E-state index < -0.39 is 0 Å². The van der Waals surface area contributed by atoms with Crippen molar-refractivity contribution in [2.24, 2.45) is 0 Å². The largest absolute Gasteiger partial charge is 0.454 e. The van der Waals surface area contributed by atoms with Crippen molar-refractivity contribution in [3.8, 4) is 11.5 Å². The summed E-state index contributed by atoms with van der Waals surface area (Å²) in [6.07, 6.45) is 0. The van der Waals surface area contributed by atoms with Gasteiger partial charge < -0.3 is 24.2 Å². The zero-order valence-corrected chi connectivity index (χ0v) is 18.1. The van der Waals surface area contributed by atoms with E-state index in [9.17, 15) is 9.59 Å². The Bertz CT molecular complexity index is 967. The Morgan fingerprint density at radius 1 is 0.719 bits per heavy atom. The van der Waals surface area contributed by atoms with Gasteiger partial charge in [0.2, 0.25) is 6.79 Å². The second-order valence-corrected chi connectivity index (χ2v) is 8.37. The zero-order valence-electron chi connectivity index (χ0n) is 18.1. The van der Waals surface area contributed by atoms with Crippen molar-refractivity contribution in [3.05, 3.63) is 54.1 Å². The van der Waals surface area contributed by atoms with Gasteiger partial charge in [-0.05, 0) is 29.8 Å². The summed E-state index contributed by atoms with van der Waals surface area (Å²) in [5.74, 6) is 0.823. The molecule has 2 aromatic rings. The zero-order chi connectivity index (χ0) is 21.9. The van der Waals surface area contributed by atoms with Crippen LogP contribution in [-0.4, -0.2) is 85.7 Å². The van der Waals surface area contributed by atoms with Gasteiger partial charge in [-0.25, -0.2) is 0 Å². The minimum atomic E-state index is -0.374. The molecular weight excluding hydrogens is 408 g/mol. The molecule has 0 aliphatic carbocycles. The van der Waals surface area contributed by atoms with Crippen LogP contribution in [0.15, 0.2) is 48.5 Å². The van der Waals surface area contributed by atoms with Crippen molar-refractivity contribution in [2.75, 3.05) is 64.1 Å². The number of nitrogens with zero attached hydrogens (tertiary/aromatic N) is 4. The average molecular weight is 437 g/mol. The Morgan fingerprint density at radius 2 is 1.34 bits per heavy atom. The van der Waals surface area contributed by atoms with E-state index >= 15 is 0 Å². The summed E-state index contributed by atoms with van der Waals surface area (Å²) in [5, 5.41) is 0. The first-order valence-corrected chi connectivity index (χ1v) is 11.2. The Hall–Kier alpha value is -3.26. The van der Waals surface area contributed by atoms with Crippen LogP contribution >= 0.6 is 0 Å². The van der Waals surface area contributed by atoms with Gasteiger partial charge in [-0.1, -0.05) is 24.3 Å². The standard InChI is InChI=1S/C24H28N4O4/c29-23(24(30)28-14-12-26(13-15-28)20-4-2-1-3-5-20)27-10-8-25(9-11-27)17-19-6-7-21-22(16-19)32-18-31-21/h1-7,16H,8-15,17-18H2. The lowest BCUT2D eigenvalue weighted by Crippen LogP contribution is -2.56. The molecule has 2 amide bonds. The summed E-state index contributed by atoms with van der Waals surface area (Å²) in [6.45, 7) is 6.32. The van der Waals surface area contributed by atoms with Gasteiger partial charge in [-0.3, -0.25) is 14.5 Å². The summed E-state index contributed by atoms with van der Waals surface area (Å²) < 4.78 is 10.8. The first kappa shape index (κ1) is 20.6. The first-order chi connectivity index (χ1) is 15.7. The van der Waals surface area contributed by atoms with Gasteiger partial charge in [0.1, 0.15) is 0 Å². The van der Waals surface area contributed by atoms with Crippen molar-refractivity contribution in [1.29, 1.82) is 0 Å². The van der Waals surface area contributed by atoms with Crippen LogP contribution in [0.2, 0.25) is 0 Å². The maximum absolute atomic E-state index is 12.8. The number of piperazine rings is 2. The van der Waals surface area contributed by atoms with Gasteiger partial charge in [0, 0.05) is 64.6 Å². The van der Waals surface area contributed by atoms with E-state index in [2.05, 4.69) is 21.9 Å². The second kappa shape index (κ2) is 9.08. The van der Waals surface area contributed by atoms with Crippen molar-refractivity contribution >= 4 is 17.5 Å². The number of fused-ring (bicyclic) bond motifs is 1. The number of benzene rings is 2. The molecule has 0 unspecified atom stereocenters. The van der Waals surface area contributed by atoms with Crippen LogP contribution in [0.3, 0.4) is 0 Å². The minimum Gasteiger partial charge on any atom is -0.454 e. The first-order valence-electron chi connectivity index (χ1n) is 11.2. The van der Waals surface area contributed by atoms with Crippen molar-refractivity contribution < 1.29 is 19.1 Å². The maximum atomic E-state index is 12.8. The number of para-hydroxylation sites is 1. The Balaban J connectivity index is 1.09. The van der Waals surface area contributed by atoms with Gasteiger partial charge in [0.15, 0.2) is 11.5 Å². The third-order valence-corrected chi connectivity index (χ3v) is 6.37. The average Bonchev–Trinajstić information content (AvgIpc) is 3.32. The molecule has 2 saturated heterocycles. The number of carbonyl (C=O) groups excluding carboxylic acids is 2. The molecule has 8 heteroatoms. The van der Waals surface area contributed by atoms with E-state index in [1.807, 2.05) is 36.4 Å². The Labute approximate surface area is 187 Å². The third kappa shape index (κ3) is 4.36. The van der Waals surface area contributed by atoms with Crippen LogP contribution in [-0.2, 0) is 16.1 Å². The van der Waals surface area contributed by atoms with Crippen LogP contribution in [0.4, 0.5) is 5.69 Å². The summed E-state index contributed by atoms with van der Waals surface area (Å²) in [7, 11) is 0. The summed E-state index contributed by atoms with van der Waals surface area (Å²) in [4.78, 5) is 33.6. The monoisotopic (exact) mass is 436 g/mol. The van der Waals surface area contributed by atoms with Crippen LogP contribution in [0.5, 0.6) is 11.5 Å². The quantitative estimate of drug-likeness (QED) is 0.678. The van der Waals surface area contributed by atoms with Crippen LogP contribution in [0.1, 0.15) is 5.56 Å². The summed E-state index contributed by atoms with van der Waals surface area (Å²) in [5.41, 5.74) is 2.31. The van der Waals surface area contributed by atoms with E-state index in [0.29, 0.717) is 26.2 Å². The molecule has 32 heavy (non-hydrogen) atoms. The number of rotatable bonds is 3. The molecule has 168 valence electrons. The van der Waals surface area contributed by atoms with Crippen molar-refractivity contribution in [1.82, 2.24) is 14.7 Å². The molecule has 2 aromatic carbocycles. The van der Waals surface area contributed by atoms with Crippen molar-refractivity contribution in [2.45, 2.75) is 6.54 Å². The number of hydrogen-bond donors (Lipinski definition) is 0. The molecule has 3 aliphatic heterocycles. The Kier molecular flexibility index (Phi) is 5.85. The van der Waals surface area contributed by atoms with E-state index in [1.165, 1.54) is 0 Å². The SMILES string of the molecule is O=C(C(=O)N1CCN(c2ccccc2)CC1)N1CCN(Cc2ccc3c(c2)OCO3)CC1. The summed E-state index contributed by atoms with van der Waals surface area (Å²) in [6, 6.07) is 16.2. The molecule has 8 nitrogen and oxygen atoms in total. The molecule has 0 spiro atoms. The predicted octanol–water partition coefficient (Wildman–Crippen LogP) is 1.41. The number of carbonyl (C=O) groups is 2. The number of anilines is 1. The molecule has 0 saturated carbocycles. The number of amides is 2. The fourth-order valence-electron chi connectivity index (χ4n) is 4.48. The van der Waals surface area contributed by atoms with Crippen LogP contribution in [0, 0.1) is 0 Å². The fraction of sp³-hybridized carbons (Fsp3) is 0.417. The van der Waals surface area contributed by atoms with E-state index in [0.717, 1.165) is 55.5 Å². The molecule has 5 rings (SSSR count). The van der Waals surface area contributed by atoms with Gasteiger partial charge in [-0.15, -0.1) is 0 Å². The highest BCUT2D eigenvalue weighted by atomic mass is 16.7. The Morgan fingerprint density at radius 3 is 2.03 bits per heavy atom. The lowest BCUT2D eigenvalue weighted by Gasteiger charge is -2.38. The van der Waals surface area contributed by atoms with Gasteiger partial charge in [0.05, 0.1) is 0 Å². The van der Waals surface area contributed by atoms with E-state index in [-0.39, 0.29) is 18.6 Å².